The average molecular weight is 367 g/mol. The van der Waals surface area contributed by atoms with E-state index in [0.29, 0.717) is 0 Å². The molecule has 144 valence electrons. The van der Waals surface area contributed by atoms with Crippen LogP contribution in [0.25, 0.3) is 0 Å². The summed E-state index contributed by atoms with van der Waals surface area (Å²) >= 11 is 0. The van der Waals surface area contributed by atoms with E-state index in [-0.39, 0.29) is 10.8 Å². The molecule has 4 nitrogen and oxygen atoms in total. The zero-order valence-corrected chi connectivity index (χ0v) is 17.3. The predicted octanol–water partition coefficient (Wildman–Crippen LogP) is 5.82. The van der Waals surface area contributed by atoms with Crippen LogP contribution in [0.5, 0.6) is 11.5 Å². The van der Waals surface area contributed by atoms with Crippen LogP contribution in [0.3, 0.4) is 0 Å². The van der Waals surface area contributed by atoms with Gasteiger partial charge in [0.2, 0.25) is 12.6 Å². The fraction of sp³-hybridized carbons (Fsp3) is 0.478. The molecule has 0 saturated carbocycles. The topological polar surface area (TPSA) is 39.7 Å². The van der Waals surface area contributed by atoms with E-state index in [4.69, 9.17) is 14.2 Å². The minimum atomic E-state index is -0.457. The first kappa shape index (κ1) is 18.2. The number of ether oxygens (including phenoxy) is 3. The molecule has 2 unspecified atom stereocenters. The third-order valence-corrected chi connectivity index (χ3v) is 5.34. The first-order valence-electron chi connectivity index (χ1n) is 9.57. The summed E-state index contributed by atoms with van der Waals surface area (Å²) in [6.07, 6.45) is -0.915. The third kappa shape index (κ3) is 3.06. The molecule has 0 fully saturated rings. The Labute approximate surface area is 161 Å². The Bertz CT molecular complexity index is 890. The molecule has 4 heteroatoms. The van der Waals surface area contributed by atoms with Gasteiger partial charge in [-0.1, -0.05) is 47.6 Å². The van der Waals surface area contributed by atoms with Crippen LogP contribution in [0.4, 0.5) is 5.69 Å². The fourth-order valence-electron chi connectivity index (χ4n) is 3.55. The van der Waals surface area contributed by atoms with Gasteiger partial charge >= 0.3 is 0 Å². The Kier molecular flexibility index (Phi) is 3.97. The van der Waals surface area contributed by atoms with Gasteiger partial charge < -0.3 is 14.8 Å². The molecule has 2 aliphatic rings. The average Bonchev–Trinajstić information content (AvgIpc) is 2.59. The van der Waals surface area contributed by atoms with Crippen molar-refractivity contribution >= 4 is 5.69 Å². The van der Waals surface area contributed by atoms with Crippen molar-refractivity contribution in [1.82, 2.24) is 0 Å². The van der Waals surface area contributed by atoms with Gasteiger partial charge in [-0.15, -0.1) is 0 Å². The van der Waals surface area contributed by atoms with Crippen LogP contribution >= 0.6 is 0 Å². The lowest BCUT2D eigenvalue weighted by atomic mass is 9.84. The summed E-state index contributed by atoms with van der Waals surface area (Å²) in [4.78, 5) is 0. The second-order valence-corrected chi connectivity index (χ2v) is 9.48. The van der Waals surface area contributed by atoms with E-state index in [1.165, 1.54) is 11.1 Å². The summed E-state index contributed by atoms with van der Waals surface area (Å²) in [5, 5.41) is 3.28. The van der Waals surface area contributed by atoms with Gasteiger partial charge in [-0.2, -0.15) is 0 Å². The number of benzene rings is 2. The normalized spacial score (nSPS) is 20.9. The lowest BCUT2D eigenvalue weighted by molar-refractivity contribution is -0.227. The van der Waals surface area contributed by atoms with Crippen LogP contribution in [-0.2, 0) is 15.6 Å². The molecule has 0 saturated heterocycles. The highest BCUT2D eigenvalue weighted by molar-refractivity contribution is 5.64. The maximum atomic E-state index is 6.32. The molecule has 0 radical (unpaired) electrons. The van der Waals surface area contributed by atoms with Crippen LogP contribution < -0.4 is 14.8 Å². The Morgan fingerprint density at radius 2 is 1.41 bits per heavy atom. The van der Waals surface area contributed by atoms with Crippen LogP contribution in [0.15, 0.2) is 30.3 Å². The van der Waals surface area contributed by atoms with Gasteiger partial charge in [-0.25, -0.2) is 0 Å². The number of hydrogen-bond acceptors (Lipinski definition) is 4. The quantitative estimate of drug-likeness (QED) is 0.689. The predicted molar refractivity (Wildman–Crippen MR) is 108 cm³/mol. The molecule has 1 N–H and O–H groups in total. The molecule has 0 aliphatic carbocycles. The largest absolute Gasteiger partial charge is 0.460 e. The van der Waals surface area contributed by atoms with Crippen LogP contribution in [0, 0.1) is 0 Å². The molecule has 27 heavy (non-hydrogen) atoms. The molecule has 0 amide bonds. The Morgan fingerprint density at radius 1 is 0.778 bits per heavy atom. The number of hydrogen-bond donors (Lipinski definition) is 1. The number of rotatable bonds is 1. The Balaban J connectivity index is 1.80. The van der Waals surface area contributed by atoms with Crippen LogP contribution in [0.1, 0.15) is 76.4 Å². The van der Waals surface area contributed by atoms with Crippen LogP contribution in [0.2, 0.25) is 0 Å². The maximum absolute atomic E-state index is 6.32. The molecule has 2 bridgehead atoms. The summed E-state index contributed by atoms with van der Waals surface area (Å²) in [6.45, 7) is 13.2. The highest BCUT2D eigenvalue weighted by Gasteiger charge is 2.40. The molecule has 2 aliphatic heterocycles. The number of nitrogens with one attached hydrogen (secondary N) is 1. The lowest BCUT2D eigenvalue weighted by Gasteiger charge is -2.39. The summed E-state index contributed by atoms with van der Waals surface area (Å²) in [6, 6.07) is 10.6. The molecule has 2 atom stereocenters. The monoisotopic (exact) mass is 367 g/mol. The van der Waals surface area contributed by atoms with Crippen molar-refractivity contribution in [3.63, 3.8) is 0 Å². The standard InChI is InChI=1S/C23H29NO3/c1-22(2,3)13-8-9-18-15(10-13)20-26-19-16(21(25-18)27-20)11-14(23(4,5)6)12-17(19)24-7/h8-12,20-21,24H,1-7H3. The van der Waals surface area contributed by atoms with E-state index < -0.39 is 12.6 Å². The summed E-state index contributed by atoms with van der Waals surface area (Å²) in [7, 11) is 1.92. The molecule has 0 spiro atoms. The van der Waals surface area contributed by atoms with Crippen molar-refractivity contribution in [3.8, 4) is 11.5 Å². The lowest BCUT2D eigenvalue weighted by Crippen LogP contribution is -2.31. The molecule has 2 aromatic carbocycles. The first-order chi connectivity index (χ1) is 12.6. The smallest absolute Gasteiger partial charge is 0.234 e. The van der Waals surface area contributed by atoms with E-state index in [2.05, 4.69) is 71.1 Å². The molecular weight excluding hydrogens is 338 g/mol. The van der Waals surface area contributed by atoms with Gasteiger partial charge in [0.05, 0.1) is 16.8 Å². The second-order valence-electron chi connectivity index (χ2n) is 9.48. The van der Waals surface area contributed by atoms with Crippen molar-refractivity contribution in [3.05, 3.63) is 52.6 Å². The van der Waals surface area contributed by atoms with E-state index >= 15 is 0 Å². The molecule has 4 rings (SSSR count). The van der Waals surface area contributed by atoms with Gasteiger partial charge in [-0.3, -0.25) is 4.74 Å². The van der Waals surface area contributed by atoms with Gasteiger partial charge in [0.25, 0.3) is 0 Å². The molecule has 2 aromatic rings. The SMILES string of the molecule is CNc1cc(C(C)(C)C)cc2c1OC1OC2Oc2ccc(C(C)(C)C)cc21. The number of anilines is 1. The minimum Gasteiger partial charge on any atom is -0.460 e. The molecule has 0 aromatic heterocycles. The van der Waals surface area contributed by atoms with E-state index in [1.54, 1.807) is 0 Å². The zero-order chi connectivity index (χ0) is 19.6. The summed E-state index contributed by atoms with van der Waals surface area (Å²) in [5.41, 5.74) is 5.38. The third-order valence-electron chi connectivity index (χ3n) is 5.34. The summed E-state index contributed by atoms with van der Waals surface area (Å²) in [5.74, 6) is 1.65. The van der Waals surface area contributed by atoms with Crippen molar-refractivity contribution in [1.29, 1.82) is 0 Å². The van der Waals surface area contributed by atoms with E-state index in [1.807, 2.05) is 13.1 Å². The Morgan fingerprint density at radius 3 is 2.04 bits per heavy atom. The minimum absolute atomic E-state index is 0.0195. The summed E-state index contributed by atoms with van der Waals surface area (Å²) < 4.78 is 18.7. The van der Waals surface area contributed by atoms with E-state index in [9.17, 15) is 0 Å². The molecule has 2 heterocycles. The van der Waals surface area contributed by atoms with Crippen molar-refractivity contribution in [2.45, 2.75) is 65.0 Å². The highest BCUT2D eigenvalue weighted by atomic mass is 16.8. The van der Waals surface area contributed by atoms with Gasteiger partial charge in [0.1, 0.15) is 5.75 Å². The van der Waals surface area contributed by atoms with Crippen LogP contribution in [-0.4, -0.2) is 7.05 Å². The van der Waals surface area contributed by atoms with Crippen molar-refractivity contribution in [2.75, 3.05) is 12.4 Å². The highest BCUT2D eigenvalue weighted by Crippen LogP contribution is 2.51. The van der Waals surface area contributed by atoms with Gasteiger partial charge in [0, 0.05) is 7.05 Å². The maximum Gasteiger partial charge on any atom is 0.234 e. The van der Waals surface area contributed by atoms with Crippen molar-refractivity contribution < 1.29 is 14.2 Å². The Hall–Kier alpha value is -2.20. The number of fused-ring (bicyclic) bond motifs is 6. The fourth-order valence-corrected chi connectivity index (χ4v) is 3.55. The zero-order valence-electron chi connectivity index (χ0n) is 17.3. The molecular formula is C23H29NO3. The van der Waals surface area contributed by atoms with Crippen molar-refractivity contribution in [2.24, 2.45) is 0 Å². The van der Waals surface area contributed by atoms with Gasteiger partial charge in [0.15, 0.2) is 5.75 Å². The van der Waals surface area contributed by atoms with E-state index in [0.717, 1.165) is 28.3 Å². The van der Waals surface area contributed by atoms with Gasteiger partial charge in [-0.05, 0) is 46.2 Å². The second kappa shape index (κ2) is 5.90. The first-order valence-corrected chi connectivity index (χ1v) is 9.57.